The van der Waals surface area contributed by atoms with Gasteiger partial charge in [-0.05, 0) is 37.0 Å². The second kappa shape index (κ2) is 6.06. The number of aryl methyl sites for hydroxylation is 1. The van der Waals surface area contributed by atoms with Gasteiger partial charge >= 0.3 is 0 Å². The second-order valence-electron chi connectivity index (χ2n) is 6.94. The van der Waals surface area contributed by atoms with Crippen molar-refractivity contribution >= 4 is 0 Å². The first-order valence-electron chi connectivity index (χ1n) is 8.47. The van der Waals surface area contributed by atoms with Crippen molar-refractivity contribution < 1.29 is 4.74 Å². The zero-order valence-corrected chi connectivity index (χ0v) is 13.7. The monoisotopic (exact) mass is 312 g/mol. The molecule has 2 aliphatic rings. The van der Waals surface area contributed by atoms with Crippen LogP contribution in [0.3, 0.4) is 0 Å². The Morgan fingerprint density at radius 3 is 2.87 bits per heavy atom. The van der Waals surface area contributed by atoms with Crippen LogP contribution < -0.4 is 0 Å². The Hall–Kier alpha value is -1.72. The minimum absolute atomic E-state index is 0.0844. The number of hydrogen-bond donors (Lipinski definition) is 0. The van der Waals surface area contributed by atoms with Crippen LogP contribution in [-0.4, -0.2) is 45.0 Å². The van der Waals surface area contributed by atoms with Crippen molar-refractivity contribution in [2.45, 2.75) is 37.3 Å². The zero-order valence-electron chi connectivity index (χ0n) is 13.7. The van der Waals surface area contributed by atoms with Gasteiger partial charge in [0, 0.05) is 45.0 Å². The van der Waals surface area contributed by atoms with E-state index in [4.69, 9.17) is 4.74 Å². The Balaban J connectivity index is 1.34. The molecule has 0 aromatic carbocycles. The van der Waals surface area contributed by atoms with Crippen molar-refractivity contribution in [2.75, 3.05) is 19.7 Å². The predicted octanol–water partition coefficient (Wildman–Crippen LogP) is 2.35. The molecule has 5 nitrogen and oxygen atoms in total. The zero-order chi connectivity index (χ0) is 15.7. The molecule has 2 saturated heterocycles. The van der Waals surface area contributed by atoms with E-state index < -0.39 is 0 Å². The highest BCUT2D eigenvalue weighted by Crippen LogP contribution is 2.42. The van der Waals surface area contributed by atoms with Gasteiger partial charge in [0.25, 0.3) is 0 Å². The molecular formula is C18H24N4O. The largest absolute Gasteiger partial charge is 0.374 e. The van der Waals surface area contributed by atoms with E-state index in [-0.39, 0.29) is 5.60 Å². The molecule has 23 heavy (non-hydrogen) atoms. The smallest absolute Gasteiger partial charge is 0.0713 e. The highest BCUT2D eigenvalue weighted by atomic mass is 16.5. The standard InChI is InChI=1S/C18H24N4O/c1-21-12-16(11-20-21)15-10-18(23-14-15)5-8-22(9-6-18)13-17-4-2-3-7-19-17/h2-4,7,11-12,15H,5-6,8-10,13-14H2,1H3/t15-/m1/s1. The van der Waals surface area contributed by atoms with Gasteiger partial charge in [0.05, 0.1) is 24.1 Å². The number of rotatable bonds is 3. The topological polar surface area (TPSA) is 43.2 Å². The first-order valence-corrected chi connectivity index (χ1v) is 8.47. The lowest BCUT2D eigenvalue weighted by atomic mass is 9.84. The summed E-state index contributed by atoms with van der Waals surface area (Å²) in [5.41, 5.74) is 2.56. The lowest BCUT2D eigenvalue weighted by Crippen LogP contribution is -2.43. The second-order valence-corrected chi connectivity index (χ2v) is 6.94. The Morgan fingerprint density at radius 1 is 1.30 bits per heavy atom. The molecule has 2 aliphatic heterocycles. The van der Waals surface area contributed by atoms with Crippen LogP contribution in [0, 0.1) is 0 Å². The lowest BCUT2D eigenvalue weighted by Gasteiger charge is -2.38. The van der Waals surface area contributed by atoms with Gasteiger partial charge in [0.1, 0.15) is 0 Å². The summed E-state index contributed by atoms with van der Waals surface area (Å²) in [6, 6.07) is 6.14. The number of hydrogen-bond acceptors (Lipinski definition) is 4. The predicted molar refractivity (Wildman–Crippen MR) is 88.0 cm³/mol. The van der Waals surface area contributed by atoms with E-state index in [0.29, 0.717) is 5.92 Å². The summed E-state index contributed by atoms with van der Waals surface area (Å²) in [6.07, 6.45) is 9.37. The fourth-order valence-corrected chi connectivity index (χ4v) is 3.90. The molecule has 2 aromatic heterocycles. The first kappa shape index (κ1) is 14.8. The van der Waals surface area contributed by atoms with Crippen LogP contribution in [-0.2, 0) is 18.3 Å². The van der Waals surface area contributed by atoms with Gasteiger partial charge in [-0.25, -0.2) is 0 Å². The number of ether oxygens (including phenoxy) is 1. The molecule has 4 rings (SSSR count). The van der Waals surface area contributed by atoms with Gasteiger partial charge in [-0.3, -0.25) is 14.6 Å². The summed E-state index contributed by atoms with van der Waals surface area (Å²) in [5, 5.41) is 4.30. The Labute approximate surface area is 137 Å². The molecule has 4 heterocycles. The Bertz CT molecular complexity index is 646. The van der Waals surface area contributed by atoms with Crippen molar-refractivity contribution in [3.8, 4) is 0 Å². The number of likely N-dealkylation sites (tertiary alicyclic amines) is 1. The summed E-state index contributed by atoms with van der Waals surface area (Å²) in [4.78, 5) is 6.93. The summed E-state index contributed by atoms with van der Waals surface area (Å²) in [6.45, 7) is 3.97. The van der Waals surface area contributed by atoms with Crippen LogP contribution >= 0.6 is 0 Å². The van der Waals surface area contributed by atoms with E-state index in [1.165, 1.54) is 5.56 Å². The summed E-state index contributed by atoms with van der Waals surface area (Å²) in [7, 11) is 1.98. The average molecular weight is 312 g/mol. The van der Waals surface area contributed by atoms with Gasteiger partial charge < -0.3 is 4.74 Å². The van der Waals surface area contributed by atoms with Gasteiger partial charge in [-0.15, -0.1) is 0 Å². The van der Waals surface area contributed by atoms with E-state index in [2.05, 4.69) is 33.3 Å². The van der Waals surface area contributed by atoms with Crippen molar-refractivity contribution in [2.24, 2.45) is 7.05 Å². The highest BCUT2D eigenvalue weighted by Gasteiger charge is 2.43. The molecule has 1 spiro atoms. The fourth-order valence-electron chi connectivity index (χ4n) is 3.90. The van der Waals surface area contributed by atoms with E-state index >= 15 is 0 Å². The van der Waals surface area contributed by atoms with Crippen LogP contribution in [0.25, 0.3) is 0 Å². The molecule has 0 unspecified atom stereocenters. The van der Waals surface area contributed by atoms with Gasteiger partial charge in [0.15, 0.2) is 0 Å². The van der Waals surface area contributed by atoms with Crippen LogP contribution in [0.5, 0.6) is 0 Å². The maximum atomic E-state index is 6.28. The molecule has 2 fully saturated rings. The van der Waals surface area contributed by atoms with Crippen LogP contribution in [0.4, 0.5) is 0 Å². The van der Waals surface area contributed by atoms with E-state index in [1.807, 2.05) is 30.2 Å². The third-order valence-corrected chi connectivity index (χ3v) is 5.28. The molecule has 5 heteroatoms. The first-order chi connectivity index (χ1) is 11.2. The normalized spacial score (nSPS) is 24.3. The maximum Gasteiger partial charge on any atom is 0.0713 e. The van der Waals surface area contributed by atoms with Crippen molar-refractivity contribution in [3.05, 3.63) is 48.0 Å². The van der Waals surface area contributed by atoms with Gasteiger partial charge in [0.2, 0.25) is 0 Å². The maximum absolute atomic E-state index is 6.28. The molecule has 0 aliphatic carbocycles. The van der Waals surface area contributed by atoms with E-state index in [1.54, 1.807) is 0 Å². The number of nitrogens with zero attached hydrogens (tertiary/aromatic N) is 4. The third kappa shape index (κ3) is 3.16. The minimum Gasteiger partial charge on any atom is -0.374 e. The quantitative estimate of drug-likeness (QED) is 0.872. The molecular weight excluding hydrogens is 288 g/mol. The van der Waals surface area contributed by atoms with Crippen LogP contribution in [0.15, 0.2) is 36.8 Å². The fraction of sp³-hybridized carbons (Fsp3) is 0.556. The SMILES string of the molecule is Cn1cc([C@H]2COC3(CCN(Cc4ccccn4)CC3)C2)cn1. The van der Waals surface area contributed by atoms with Gasteiger partial charge in [-0.1, -0.05) is 6.07 Å². The molecule has 0 N–H and O–H groups in total. The van der Waals surface area contributed by atoms with Crippen molar-refractivity contribution in [3.63, 3.8) is 0 Å². The van der Waals surface area contributed by atoms with Crippen molar-refractivity contribution in [1.82, 2.24) is 19.7 Å². The highest BCUT2D eigenvalue weighted by molar-refractivity contribution is 5.15. The molecule has 1 atom stereocenters. The van der Waals surface area contributed by atoms with Gasteiger partial charge in [-0.2, -0.15) is 5.10 Å². The molecule has 122 valence electrons. The number of pyridine rings is 1. The van der Waals surface area contributed by atoms with E-state index in [0.717, 1.165) is 51.2 Å². The van der Waals surface area contributed by atoms with Crippen LogP contribution in [0.2, 0.25) is 0 Å². The Morgan fingerprint density at radius 2 is 2.17 bits per heavy atom. The molecule has 0 bridgehead atoms. The number of aromatic nitrogens is 3. The molecule has 0 radical (unpaired) electrons. The molecule has 0 saturated carbocycles. The number of piperidine rings is 1. The molecule has 2 aromatic rings. The minimum atomic E-state index is 0.0844. The third-order valence-electron chi connectivity index (χ3n) is 5.28. The summed E-state index contributed by atoms with van der Waals surface area (Å²) < 4.78 is 8.16. The van der Waals surface area contributed by atoms with Crippen LogP contribution in [0.1, 0.15) is 36.4 Å². The van der Waals surface area contributed by atoms with E-state index in [9.17, 15) is 0 Å². The van der Waals surface area contributed by atoms with Crippen molar-refractivity contribution in [1.29, 1.82) is 0 Å². The summed E-state index contributed by atoms with van der Waals surface area (Å²) >= 11 is 0. The molecule has 0 amide bonds. The Kier molecular flexibility index (Phi) is 3.91. The lowest BCUT2D eigenvalue weighted by molar-refractivity contribution is -0.0450. The average Bonchev–Trinajstić information content (AvgIpc) is 3.18. The summed E-state index contributed by atoms with van der Waals surface area (Å²) in [5.74, 6) is 0.506.